The lowest BCUT2D eigenvalue weighted by Crippen LogP contribution is -2.55. The van der Waals surface area contributed by atoms with Crippen molar-refractivity contribution in [3.63, 3.8) is 0 Å². The van der Waals surface area contributed by atoms with Gasteiger partial charge in [-0.25, -0.2) is 9.18 Å². The molecule has 9 nitrogen and oxygen atoms in total. The lowest BCUT2D eigenvalue weighted by atomic mass is 9.85. The molecule has 37 heavy (non-hydrogen) atoms. The summed E-state index contributed by atoms with van der Waals surface area (Å²) in [6.45, 7) is 8.35. The average molecular weight is 515 g/mol. The fourth-order valence-corrected chi connectivity index (χ4v) is 4.42. The monoisotopic (exact) mass is 514 g/mol. The summed E-state index contributed by atoms with van der Waals surface area (Å²) in [6.07, 6.45) is -1.90. The van der Waals surface area contributed by atoms with Crippen LogP contribution in [-0.2, 0) is 14.2 Å². The second-order valence-electron chi connectivity index (χ2n) is 9.56. The van der Waals surface area contributed by atoms with Crippen molar-refractivity contribution < 1.29 is 37.7 Å². The largest absolute Gasteiger partial charge is 0.508 e. The van der Waals surface area contributed by atoms with Crippen molar-refractivity contribution in [2.45, 2.75) is 38.5 Å². The van der Waals surface area contributed by atoms with Crippen LogP contribution >= 0.6 is 0 Å². The van der Waals surface area contributed by atoms with Gasteiger partial charge in [0.05, 0.1) is 19.3 Å². The number of carbonyl (C=O) groups excluding carboxylic acids is 3. The number of morpholine rings is 1. The van der Waals surface area contributed by atoms with Crippen molar-refractivity contribution >= 4 is 17.8 Å². The lowest BCUT2D eigenvalue weighted by Gasteiger charge is -2.44. The van der Waals surface area contributed by atoms with Crippen molar-refractivity contribution in [2.75, 3.05) is 39.5 Å². The van der Waals surface area contributed by atoms with Crippen LogP contribution in [0.5, 0.6) is 5.75 Å². The molecule has 0 radical (unpaired) electrons. The van der Waals surface area contributed by atoms with Gasteiger partial charge in [0.15, 0.2) is 11.9 Å². The molecule has 2 aromatic rings. The van der Waals surface area contributed by atoms with Gasteiger partial charge in [-0.3, -0.25) is 14.5 Å². The normalized spacial score (nSPS) is 20.8. The summed E-state index contributed by atoms with van der Waals surface area (Å²) >= 11 is 0. The smallest absolute Gasteiger partial charge is 0.484 e. The number of carbonyl (C=O) groups is 3. The summed E-state index contributed by atoms with van der Waals surface area (Å²) in [5, 5.41) is 2.89. The molecular weight excluding hydrogens is 483 g/mol. The van der Waals surface area contributed by atoms with Gasteiger partial charge in [0, 0.05) is 36.3 Å². The zero-order valence-electron chi connectivity index (χ0n) is 21.1. The van der Waals surface area contributed by atoms with E-state index in [1.54, 1.807) is 32.0 Å². The highest BCUT2D eigenvalue weighted by Gasteiger charge is 2.48. The van der Waals surface area contributed by atoms with E-state index in [1.165, 1.54) is 31.2 Å². The van der Waals surface area contributed by atoms with Crippen molar-refractivity contribution in [1.82, 2.24) is 10.2 Å². The minimum atomic E-state index is -1.06. The first-order valence-electron chi connectivity index (χ1n) is 12.2. The lowest BCUT2D eigenvalue weighted by molar-refractivity contribution is -0.0896. The van der Waals surface area contributed by atoms with Gasteiger partial charge in [0.2, 0.25) is 0 Å². The van der Waals surface area contributed by atoms with Crippen molar-refractivity contribution in [1.29, 1.82) is 0 Å². The highest BCUT2D eigenvalue weighted by atomic mass is 19.1. The van der Waals surface area contributed by atoms with Gasteiger partial charge in [-0.05, 0) is 63.2 Å². The third-order valence-corrected chi connectivity index (χ3v) is 6.46. The molecule has 0 aromatic heterocycles. The van der Waals surface area contributed by atoms with E-state index in [9.17, 15) is 18.8 Å². The number of hydrogen-bond acceptors (Lipinski definition) is 8. The van der Waals surface area contributed by atoms with Gasteiger partial charge in [-0.15, -0.1) is 0 Å². The molecule has 1 saturated heterocycles. The van der Waals surface area contributed by atoms with E-state index < -0.39 is 35.6 Å². The number of ether oxygens (including phenoxy) is 4. The van der Waals surface area contributed by atoms with Crippen LogP contribution in [0.1, 0.15) is 53.1 Å². The molecule has 198 valence electrons. The molecule has 0 unspecified atom stereocenters. The Kier molecular flexibility index (Phi) is 8.09. The van der Waals surface area contributed by atoms with Gasteiger partial charge < -0.3 is 24.3 Å². The molecule has 2 aliphatic heterocycles. The van der Waals surface area contributed by atoms with Crippen molar-refractivity contribution in [3.8, 4) is 5.75 Å². The standard InChI is InChI=1S/C27H31FN2O7/c1-17(31)19-6-9-22-21(16-19)23(29-25(32)18-4-7-20(28)8-5-18)24(27(2,3)37-22)36-26(33)35-15-12-30-10-13-34-14-11-30/h4-9,16,23-24H,10-15H2,1-3H3,(H,29,32)/t23-,24-/m1/s1. The van der Waals surface area contributed by atoms with E-state index in [-0.39, 0.29) is 18.0 Å². The van der Waals surface area contributed by atoms with Crippen LogP contribution < -0.4 is 10.1 Å². The van der Waals surface area contributed by atoms with Gasteiger partial charge >= 0.3 is 6.16 Å². The highest BCUT2D eigenvalue weighted by Crippen LogP contribution is 2.42. The summed E-state index contributed by atoms with van der Waals surface area (Å²) in [6, 6.07) is 9.12. The molecule has 1 amide bonds. The van der Waals surface area contributed by atoms with Crippen molar-refractivity contribution in [3.05, 3.63) is 65.0 Å². The average Bonchev–Trinajstić information content (AvgIpc) is 2.86. The molecule has 10 heteroatoms. The van der Waals surface area contributed by atoms with E-state index in [2.05, 4.69) is 10.2 Å². The number of Topliss-reactive ketones (excluding diaryl/α,β-unsaturated/α-hetero) is 1. The fourth-order valence-electron chi connectivity index (χ4n) is 4.42. The summed E-state index contributed by atoms with van der Waals surface area (Å²) < 4.78 is 35.9. The van der Waals surface area contributed by atoms with Crippen LogP contribution in [0.25, 0.3) is 0 Å². The fraction of sp³-hybridized carbons (Fsp3) is 0.444. The Hall–Kier alpha value is -3.50. The Morgan fingerprint density at radius 2 is 1.76 bits per heavy atom. The minimum absolute atomic E-state index is 0.129. The number of rotatable bonds is 7. The SMILES string of the molecule is CC(=O)c1ccc2c(c1)[C@@H](NC(=O)c1ccc(F)cc1)[C@@H](OC(=O)OCCN1CCOCC1)C(C)(C)O2. The Morgan fingerprint density at radius 1 is 1.08 bits per heavy atom. The molecule has 1 fully saturated rings. The van der Waals surface area contributed by atoms with E-state index >= 15 is 0 Å². The second-order valence-corrected chi connectivity index (χ2v) is 9.56. The number of halogens is 1. The van der Waals surface area contributed by atoms with Crippen LogP contribution in [0.15, 0.2) is 42.5 Å². The van der Waals surface area contributed by atoms with Crippen LogP contribution in [0.4, 0.5) is 9.18 Å². The van der Waals surface area contributed by atoms with Crippen LogP contribution in [0.2, 0.25) is 0 Å². The number of hydrogen-bond donors (Lipinski definition) is 1. The summed E-state index contributed by atoms with van der Waals surface area (Å²) in [5.41, 5.74) is 0.0553. The molecule has 0 saturated carbocycles. The van der Waals surface area contributed by atoms with E-state index in [4.69, 9.17) is 18.9 Å². The van der Waals surface area contributed by atoms with Gasteiger partial charge in [0.1, 0.15) is 23.8 Å². The predicted molar refractivity (Wildman–Crippen MR) is 131 cm³/mol. The number of fused-ring (bicyclic) bond motifs is 1. The number of nitrogens with zero attached hydrogens (tertiary/aromatic N) is 1. The first-order valence-corrected chi connectivity index (χ1v) is 12.2. The molecule has 2 heterocycles. The summed E-state index contributed by atoms with van der Waals surface area (Å²) in [7, 11) is 0. The molecule has 1 N–H and O–H groups in total. The predicted octanol–water partition coefficient (Wildman–Crippen LogP) is 3.52. The van der Waals surface area contributed by atoms with E-state index in [1.807, 2.05) is 0 Å². The zero-order valence-corrected chi connectivity index (χ0v) is 21.1. The maximum Gasteiger partial charge on any atom is 0.508 e. The number of amides is 1. The Bertz CT molecular complexity index is 1150. The van der Waals surface area contributed by atoms with Gasteiger partial charge in [-0.2, -0.15) is 0 Å². The van der Waals surface area contributed by atoms with Crippen LogP contribution in [-0.4, -0.2) is 73.9 Å². The molecule has 2 aliphatic rings. The third-order valence-electron chi connectivity index (χ3n) is 6.46. The Labute approximate surface area is 214 Å². The van der Waals surface area contributed by atoms with Crippen LogP contribution in [0, 0.1) is 5.82 Å². The molecule has 2 aromatic carbocycles. The number of ketones is 1. The molecule has 0 bridgehead atoms. The Balaban J connectivity index is 1.56. The molecule has 0 aliphatic carbocycles. The summed E-state index contributed by atoms with van der Waals surface area (Å²) in [5.74, 6) is -0.700. The quantitative estimate of drug-likeness (QED) is 0.442. The molecule has 4 rings (SSSR count). The second kappa shape index (κ2) is 11.3. The van der Waals surface area contributed by atoms with Gasteiger partial charge in [0.25, 0.3) is 5.91 Å². The molecule has 2 atom stereocenters. The first kappa shape index (κ1) is 26.6. The van der Waals surface area contributed by atoms with Crippen LogP contribution in [0.3, 0.4) is 0 Å². The molecule has 0 spiro atoms. The number of benzene rings is 2. The zero-order chi connectivity index (χ0) is 26.6. The molecular formula is C27H31FN2O7. The van der Waals surface area contributed by atoms with Gasteiger partial charge in [-0.1, -0.05) is 0 Å². The highest BCUT2D eigenvalue weighted by molar-refractivity contribution is 5.95. The van der Waals surface area contributed by atoms with E-state index in [0.29, 0.717) is 36.6 Å². The topological polar surface area (TPSA) is 103 Å². The maximum atomic E-state index is 13.4. The van der Waals surface area contributed by atoms with Crippen molar-refractivity contribution in [2.24, 2.45) is 0 Å². The maximum absolute atomic E-state index is 13.4. The first-order chi connectivity index (χ1) is 17.6. The Morgan fingerprint density at radius 3 is 2.43 bits per heavy atom. The minimum Gasteiger partial charge on any atom is -0.484 e. The van der Waals surface area contributed by atoms with E-state index in [0.717, 1.165) is 13.1 Å². The number of nitrogens with one attached hydrogen (secondary N) is 1. The summed E-state index contributed by atoms with van der Waals surface area (Å²) in [4.78, 5) is 40.0. The third kappa shape index (κ3) is 6.44.